The van der Waals surface area contributed by atoms with Crippen molar-refractivity contribution in [1.29, 1.82) is 0 Å². The summed E-state index contributed by atoms with van der Waals surface area (Å²) in [6.45, 7) is 0. The van der Waals surface area contributed by atoms with Crippen LogP contribution in [0.1, 0.15) is 41.6 Å². The Bertz CT molecular complexity index is 390. The number of nitrogens with two attached hydrogens (primary N) is 1. The molecule has 78 valence electrons. The van der Waals surface area contributed by atoms with Crippen molar-refractivity contribution in [2.24, 2.45) is 5.73 Å². The van der Waals surface area contributed by atoms with Crippen molar-refractivity contribution in [2.75, 3.05) is 0 Å². The molecule has 0 bridgehead atoms. The number of hydrogen-bond donors (Lipinski definition) is 1. The molecule has 15 heavy (non-hydrogen) atoms. The summed E-state index contributed by atoms with van der Waals surface area (Å²) in [6, 6.07) is 7.56. The molecule has 1 amide bonds. The Morgan fingerprint density at radius 1 is 1.13 bits per heavy atom. The lowest BCUT2D eigenvalue weighted by Gasteiger charge is -2.12. The van der Waals surface area contributed by atoms with Gasteiger partial charge in [-0.05, 0) is 49.0 Å². The highest BCUT2D eigenvalue weighted by Crippen LogP contribution is 2.26. The average Bonchev–Trinajstić information content (AvgIpc) is 2.30. The van der Waals surface area contributed by atoms with E-state index in [-0.39, 0.29) is 5.91 Å². The van der Waals surface area contributed by atoms with E-state index in [0.29, 0.717) is 5.56 Å². The molecule has 0 aliphatic heterocycles. The van der Waals surface area contributed by atoms with Crippen LogP contribution in [-0.2, 0) is 0 Å². The van der Waals surface area contributed by atoms with E-state index in [1.165, 1.54) is 30.4 Å². The minimum Gasteiger partial charge on any atom is -0.366 e. The van der Waals surface area contributed by atoms with Gasteiger partial charge in [0.15, 0.2) is 0 Å². The van der Waals surface area contributed by atoms with Gasteiger partial charge in [0.25, 0.3) is 0 Å². The van der Waals surface area contributed by atoms with Gasteiger partial charge >= 0.3 is 0 Å². The van der Waals surface area contributed by atoms with Gasteiger partial charge in [0.05, 0.1) is 0 Å². The lowest BCUT2D eigenvalue weighted by molar-refractivity contribution is 0.100. The van der Waals surface area contributed by atoms with Crippen molar-refractivity contribution < 1.29 is 4.79 Å². The lowest BCUT2D eigenvalue weighted by Crippen LogP contribution is -2.10. The maximum atomic E-state index is 10.9. The first-order valence-corrected chi connectivity index (χ1v) is 5.36. The van der Waals surface area contributed by atoms with Crippen LogP contribution < -0.4 is 5.73 Å². The largest absolute Gasteiger partial charge is 0.366 e. The molecule has 1 aromatic rings. The standard InChI is InChI=1S/C13H15NO/c14-13(15)12-8-6-11(7-9-12)10-4-2-1-3-5-10/h4,6-9H,1-3,5H2,(H2,14,15). The van der Waals surface area contributed by atoms with E-state index in [1.807, 2.05) is 12.1 Å². The summed E-state index contributed by atoms with van der Waals surface area (Å²) >= 11 is 0. The molecule has 1 aromatic carbocycles. The van der Waals surface area contributed by atoms with E-state index in [9.17, 15) is 4.79 Å². The van der Waals surface area contributed by atoms with E-state index < -0.39 is 0 Å². The van der Waals surface area contributed by atoms with Gasteiger partial charge in [0.1, 0.15) is 0 Å². The first-order valence-electron chi connectivity index (χ1n) is 5.36. The van der Waals surface area contributed by atoms with E-state index in [1.54, 1.807) is 12.1 Å². The summed E-state index contributed by atoms with van der Waals surface area (Å²) in [5.41, 5.74) is 8.39. The third-order valence-electron chi connectivity index (χ3n) is 2.83. The number of primary amides is 1. The van der Waals surface area contributed by atoms with Gasteiger partial charge in [0.2, 0.25) is 5.91 Å². The quantitative estimate of drug-likeness (QED) is 0.785. The molecule has 1 aliphatic rings. The molecule has 2 nitrogen and oxygen atoms in total. The summed E-state index contributed by atoms with van der Waals surface area (Å²) in [5, 5.41) is 0. The van der Waals surface area contributed by atoms with Gasteiger partial charge in [-0.15, -0.1) is 0 Å². The van der Waals surface area contributed by atoms with Crippen LogP contribution in [0.5, 0.6) is 0 Å². The molecule has 0 spiro atoms. The van der Waals surface area contributed by atoms with Crippen molar-refractivity contribution >= 4 is 11.5 Å². The van der Waals surface area contributed by atoms with Crippen LogP contribution >= 0.6 is 0 Å². The van der Waals surface area contributed by atoms with E-state index in [2.05, 4.69) is 6.08 Å². The van der Waals surface area contributed by atoms with Gasteiger partial charge in [-0.25, -0.2) is 0 Å². The molecule has 1 aliphatic carbocycles. The molecule has 0 unspecified atom stereocenters. The summed E-state index contributed by atoms with van der Waals surface area (Å²) < 4.78 is 0. The second-order valence-electron chi connectivity index (χ2n) is 3.92. The number of benzene rings is 1. The fourth-order valence-corrected chi connectivity index (χ4v) is 1.95. The number of rotatable bonds is 2. The van der Waals surface area contributed by atoms with E-state index >= 15 is 0 Å². The highest BCUT2D eigenvalue weighted by atomic mass is 16.1. The van der Waals surface area contributed by atoms with Gasteiger partial charge in [0, 0.05) is 5.56 Å². The van der Waals surface area contributed by atoms with Crippen LogP contribution in [-0.4, -0.2) is 5.91 Å². The molecule has 0 saturated carbocycles. The van der Waals surface area contributed by atoms with Crippen LogP contribution in [0.15, 0.2) is 30.3 Å². The lowest BCUT2D eigenvalue weighted by atomic mass is 9.93. The molecule has 2 heteroatoms. The summed E-state index contributed by atoms with van der Waals surface area (Å²) in [5.74, 6) is -0.362. The molecule has 0 radical (unpaired) electrons. The smallest absolute Gasteiger partial charge is 0.248 e. The van der Waals surface area contributed by atoms with Crippen molar-refractivity contribution in [3.63, 3.8) is 0 Å². The molecule has 0 heterocycles. The van der Waals surface area contributed by atoms with Gasteiger partial charge in [-0.2, -0.15) is 0 Å². The zero-order valence-corrected chi connectivity index (χ0v) is 8.70. The van der Waals surface area contributed by atoms with Crippen LogP contribution in [0.4, 0.5) is 0 Å². The number of amides is 1. The predicted molar refractivity (Wildman–Crippen MR) is 61.4 cm³/mol. The van der Waals surface area contributed by atoms with E-state index in [0.717, 1.165) is 6.42 Å². The molecular weight excluding hydrogens is 186 g/mol. The van der Waals surface area contributed by atoms with Crippen LogP contribution in [0.25, 0.3) is 5.57 Å². The minimum absolute atomic E-state index is 0.362. The fourth-order valence-electron chi connectivity index (χ4n) is 1.95. The topological polar surface area (TPSA) is 43.1 Å². The van der Waals surface area contributed by atoms with Crippen molar-refractivity contribution in [3.05, 3.63) is 41.5 Å². The van der Waals surface area contributed by atoms with Gasteiger partial charge in [-0.1, -0.05) is 18.2 Å². The predicted octanol–water partition coefficient (Wildman–Crippen LogP) is 2.74. The maximum absolute atomic E-state index is 10.9. The second kappa shape index (κ2) is 4.30. The number of carbonyl (C=O) groups is 1. The highest BCUT2D eigenvalue weighted by molar-refractivity contribution is 5.93. The minimum atomic E-state index is -0.362. The molecule has 2 rings (SSSR count). The van der Waals surface area contributed by atoms with Crippen LogP contribution in [0, 0.1) is 0 Å². The zero-order valence-electron chi connectivity index (χ0n) is 8.70. The average molecular weight is 201 g/mol. The molecule has 2 N–H and O–H groups in total. The molecule has 0 atom stereocenters. The molecule has 0 saturated heterocycles. The van der Waals surface area contributed by atoms with Gasteiger partial charge in [-0.3, -0.25) is 4.79 Å². The van der Waals surface area contributed by atoms with Crippen molar-refractivity contribution in [3.8, 4) is 0 Å². The molecule has 0 fully saturated rings. The third kappa shape index (κ3) is 2.27. The SMILES string of the molecule is NC(=O)c1ccc(C2=CCCCC2)cc1. The monoisotopic (exact) mass is 201 g/mol. The Kier molecular flexibility index (Phi) is 2.86. The Morgan fingerprint density at radius 2 is 1.87 bits per heavy atom. The molecular formula is C13H15NO. The summed E-state index contributed by atoms with van der Waals surface area (Å²) in [7, 11) is 0. The Hall–Kier alpha value is -1.57. The normalized spacial score (nSPS) is 15.9. The first-order chi connectivity index (χ1) is 7.27. The Labute approximate surface area is 89.8 Å². The summed E-state index contributed by atoms with van der Waals surface area (Å²) in [4.78, 5) is 10.9. The van der Waals surface area contributed by atoms with Crippen molar-refractivity contribution in [1.82, 2.24) is 0 Å². The second-order valence-corrected chi connectivity index (χ2v) is 3.92. The van der Waals surface area contributed by atoms with Crippen LogP contribution in [0.2, 0.25) is 0 Å². The highest BCUT2D eigenvalue weighted by Gasteiger charge is 2.06. The number of carbonyl (C=O) groups excluding carboxylic acids is 1. The third-order valence-corrected chi connectivity index (χ3v) is 2.83. The maximum Gasteiger partial charge on any atom is 0.248 e. The van der Waals surface area contributed by atoms with Crippen molar-refractivity contribution in [2.45, 2.75) is 25.7 Å². The Morgan fingerprint density at radius 3 is 2.40 bits per heavy atom. The van der Waals surface area contributed by atoms with Crippen LogP contribution in [0.3, 0.4) is 0 Å². The fraction of sp³-hybridized carbons (Fsp3) is 0.308. The Balaban J connectivity index is 2.23. The zero-order chi connectivity index (χ0) is 10.7. The number of hydrogen-bond acceptors (Lipinski definition) is 1. The van der Waals surface area contributed by atoms with E-state index in [4.69, 9.17) is 5.73 Å². The first kappa shape index (κ1) is 9.97. The molecule has 0 aromatic heterocycles. The van der Waals surface area contributed by atoms with Gasteiger partial charge < -0.3 is 5.73 Å². The summed E-state index contributed by atoms with van der Waals surface area (Å²) in [6.07, 6.45) is 7.18. The number of allylic oxidation sites excluding steroid dienone is 2.